The second-order valence-corrected chi connectivity index (χ2v) is 9.56. The minimum atomic E-state index is -1.39. The zero-order valence-corrected chi connectivity index (χ0v) is 19.4. The van der Waals surface area contributed by atoms with Gasteiger partial charge >= 0.3 is 5.97 Å². The maximum atomic E-state index is 14.4. The molecule has 1 fully saturated rings. The minimum absolute atomic E-state index is 0.0154. The molecule has 2 aromatic carbocycles. The Morgan fingerprint density at radius 3 is 2.58 bits per heavy atom. The summed E-state index contributed by atoms with van der Waals surface area (Å²) >= 11 is 1.52. The minimum Gasteiger partial charge on any atom is -0.478 e. The van der Waals surface area contributed by atoms with Crippen molar-refractivity contribution in [2.45, 2.75) is 39.7 Å². The first-order valence-corrected chi connectivity index (χ1v) is 11.5. The number of halogens is 1. The predicted molar refractivity (Wildman–Crippen MR) is 122 cm³/mol. The molecule has 4 rings (SSSR count). The van der Waals surface area contributed by atoms with Crippen LogP contribution in [0.5, 0.6) is 11.5 Å². The van der Waals surface area contributed by atoms with Gasteiger partial charge in [-0.05, 0) is 42.3 Å². The van der Waals surface area contributed by atoms with Crippen molar-refractivity contribution in [1.82, 2.24) is 15.1 Å². The summed E-state index contributed by atoms with van der Waals surface area (Å²) in [6.07, 6.45) is 0.442. The molecule has 0 unspecified atom stereocenters. The third kappa shape index (κ3) is 5.03. The molecule has 0 radical (unpaired) electrons. The topological polar surface area (TPSA) is 92.6 Å². The van der Waals surface area contributed by atoms with Gasteiger partial charge in [0.2, 0.25) is 5.91 Å². The Hall–Kier alpha value is -3.33. The lowest BCUT2D eigenvalue weighted by atomic mass is 10.1. The highest BCUT2D eigenvalue weighted by atomic mass is 32.1. The van der Waals surface area contributed by atoms with Crippen LogP contribution in [0.3, 0.4) is 0 Å². The quantitative estimate of drug-likeness (QED) is 0.503. The Morgan fingerprint density at radius 2 is 2.00 bits per heavy atom. The SMILES string of the molecule is CC(C)c1nnc(-c2ccc(Oc3cc(C(=O)O)c(F)cc3CN3C[C@@H](C)CC3=O)cc2)s1. The van der Waals surface area contributed by atoms with Crippen LogP contribution in [0.15, 0.2) is 36.4 Å². The van der Waals surface area contributed by atoms with E-state index in [0.29, 0.717) is 30.2 Å². The maximum absolute atomic E-state index is 14.4. The van der Waals surface area contributed by atoms with E-state index in [1.807, 2.05) is 19.1 Å². The van der Waals surface area contributed by atoms with Crippen molar-refractivity contribution < 1.29 is 23.8 Å². The van der Waals surface area contributed by atoms with Gasteiger partial charge in [-0.3, -0.25) is 4.79 Å². The molecule has 172 valence electrons. The number of aromatic nitrogens is 2. The number of hydrogen-bond donors (Lipinski definition) is 1. The van der Waals surface area contributed by atoms with Gasteiger partial charge in [-0.25, -0.2) is 9.18 Å². The van der Waals surface area contributed by atoms with Gasteiger partial charge in [-0.2, -0.15) is 0 Å². The summed E-state index contributed by atoms with van der Waals surface area (Å²) in [6, 6.07) is 9.47. The van der Waals surface area contributed by atoms with Gasteiger partial charge < -0.3 is 14.7 Å². The van der Waals surface area contributed by atoms with E-state index in [2.05, 4.69) is 24.0 Å². The summed E-state index contributed by atoms with van der Waals surface area (Å²) < 4.78 is 20.4. The molecule has 0 aliphatic carbocycles. The molecule has 0 saturated carbocycles. The van der Waals surface area contributed by atoms with Crippen LogP contribution in [0, 0.1) is 11.7 Å². The van der Waals surface area contributed by atoms with Crippen LogP contribution in [-0.2, 0) is 11.3 Å². The number of benzene rings is 2. The normalized spacial score (nSPS) is 16.0. The Morgan fingerprint density at radius 1 is 1.27 bits per heavy atom. The van der Waals surface area contributed by atoms with Gasteiger partial charge in [-0.1, -0.05) is 32.1 Å². The van der Waals surface area contributed by atoms with Crippen LogP contribution >= 0.6 is 11.3 Å². The number of hydrogen-bond acceptors (Lipinski definition) is 6. The number of likely N-dealkylation sites (tertiary alicyclic amines) is 1. The zero-order valence-electron chi connectivity index (χ0n) is 18.5. The molecule has 9 heteroatoms. The van der Waals surface area contributed by atoms with Crippen molar-refractivity contribution in [3.05, 3.63) is 58.3 Å². The third-order valence-electron chi connectivity index (χ3n) is 5.41. The van der Waals surface area contributed by atoms with Crippen LogP contribution < -0.4 is 4.74 Å². The molecule has 0 bridgehead atoms. The highest BCUT2D eigenvalue weighted by molar-refractivity contribution is 7.14. The van der Waals surface area contributed by atoms with Gasteiger partial charge in [0.05, 0.1) is 5.56 Å². The summed E-state index contributed by atoms with van der Waals surface area (Å²) in [6.45, 7) is 6.81. The lowest BCUT2D eigenvalue weighted by Crippen LogP contribution is -2.25. The van der Waals surface area contributed by atoms with Crippen molar-refractivity contribution in [2.24, 2.45) is 5.92 Å². The monoisotopic (exact) mass is 469 g/mol. The lowest BCUT2D eigenvalue weighted by molar-refractivity contribution is -0.128. The number of carboxylic acid groups (broad SMARTS) is 1. The summed E-state index contributed by atoms with van der Waals surface area (Å²) in [5, 5.41) is 19.5. The van der Waals surface area contributed by atoms with Crippen LogP contribution in [0.1, 0.15) is 54.0 Å². The molecule has 3 aromatic rings. The number of ether oxygens (including phenoxy) is 1. The first-order chi connectivity index (χ1) is 15.7. The molecule has 1 aliphatic rings. The molecule has 1 aromatic heterocycles. The first-order valence-electron chi connectivity index (χ1n) is 10.7. The number of carboxylic acids is 1. The number of amides is 1. The Bertz CT molecular complexity index is 1190. The molecule has 7 nitrogen and oxygen atoms in total. The van der Waals surface area contributed by atoms with Crippen LogP contribution in [-0.4, -0.2) is 38.6 Å². The van der Waals surface area contributed by atoms with E-state index in [1.54, 1.807) is 17.0 Å². The molecule has 1 N–H and O–H groups in total. The standard InChI is InChI=1S/C24H24FN3O4S/c1-13(2)22-26-27-23(33-22)15-4-6-17(7-5-15)32-20-10-18(24(30)31)19(25)9-16(20)12-28-11-14(3)8-21(28)29/h4-7,9-10,13-14H,8,11-12H2,1-3H3,(H,30,31)/t14-/m0/s1. The van der Waals surface area contributed by atoms with Crippen molar-refractivity contribution >= 4 is 23.2 Å². The van der Waals surface area contributed by atoms with E-state index in [0.717, 1.165) is 21.6 Å². The highest BCUT2D eigenvalue weighted by Crippen LogP contribution is 2.33. The molecular formula is C24H24FN3O4S. The molecule has 1 aliphatic heterocycles. The molecule has 1 atom stereocenters. The zero-order chi connectivity index (χ0) is 23.7. The van der Waals surface area contributed by atoms with Crippen molar-refractivity contribution in [3.8, 4) is 22.1 Å². The van der Waals surface area contributed by atoms with Crippen molar-refractivity contribution in [1.29, 1.82) is 0 Å². The van der Waals surface area contributed by atoms with Crippen LogP contribution in [0.4, 0.5) is 4.39 Å². The number of nitrogens with zero attached hydrogens (tertiary/aromatic N) is 3. The molecule has 1 amide bonds. The van der Waals surface area contributed by atoms with Gasteiger partial charge in [0, 0.05) is 36.6 Å². The second kappa shape index (κ2) is 9.27. The number of carbonyl (C=O) groups is 2. The summed E-state index contributed by atoms with van der Waals surface area (Å²) in [5.41, 5.74) is 0.810. The van der Waals surface area contributed by atoms with Gasteiger partial charge in [0.15, 0.2) is 0 Å². The lowest BCUT2D eigenvalue weighted by Gasteiger charge is -2.19. The predicted octanol–water partition coefficient (Wildman–Crippen LogP) is 5.33. The number of rotatable bonds is 7. The summed E-state index contributed by atoms with van der Waals surface area (Å²) in [5.74, 6) is -1.10. The fourth-order valence-corrected chi connectivity index (χ4v) is 4.53. The second-order valence-electron chi connectivity index (χ2n) is 8.56. The van der Waals surface area contributed by atoms with Crippen molar-refractivity contribution in [3.63, 3.8) is 0 Å². The average Bonchev–Trinajstić information content (AvgIpc) is 3.37. The van der Waals surface area contributed by atoms with E-state index in [-0.39, 0.29) is 24.1 Å². The molecule has 1 saturated heterocycles. The smallest absolute Gasteiger partial charge is 0.338 e. The van der Waals surface area contributed by atoms with Crippen molar-refractivity contribution in [2.75, 3.05) is 6.54 Å². The molecule has 33 heavy (non-hydrogen) atoms. The largest absolute Gasteiger partial charge is 0.478 e. The molecule has 2 heterocycles. The average molecular weight is 470 g/mol. The van der Waals surface area contributed by atoms with Crippen LogP contribution in [0.2, 0.25) is 0 Å². The first kappa shape index (κ1) is 22.8. The molecule has 0 spiro atoms. The Labute approximate surface area is 194 Å². The summed E-state index contributed by atoms with van der Waals surface area (Å²) in [4.78, 5) is 25.3. The van der Waals surface area contributed by atoms with Gasteiger partial charge in [-0.15, -0.1) is 10.2 Å². The fourth-order valence-electron chi connectivity index (χ4n) is 3.68. The van der Waals surface area contributed by atoms with E-state index in [4.69, 9.17) is 4.74 Å². The number of carbonyl (C=O) groups excluding carboxylic acids is 1. The van der Waals surface area contributed by atoms with Gasteiger partial charge in [0.1, 0.15) is 27.3 Å². The van der Waals surface area contributed by atoms with E-state index in [9.17, 15) is 19.1 Å². The maximum Gasteiger partial charge on any atom is 0.338 e. The van der Waals surface area contributed by atoms with E-state index in [1.165, 1.54) is 17.4 Å². The van der Waals surface area contributed by atoms with Crippen LogP contribution in [0.25, 0.3) is 10.6 Å². The third-order valence-corrected chi connectivity index (χ3v) is 6.69. The number of aromatic carboxylic acids is 1. The summed E-state index contributed by atoms with van der Waals surface area (Å²) in [7, 11) is 0. The van der Waals surface area contributed by atoms with Gasteiger partial charge in [0.25, 0.3) is 0 Å². The molecular weight excluding hydrogens is 445 g/mol. The fraction of sp³-hybridized carbons (Fsp3) is 0.333. The van der Waals surface area contributed by atoms with E-state index < -0.39 is 17.3 Å². The highest BCUT2D eigenvalue weighted by Gasteiger charge is 2.28. The Kier molecular flexibility index (Phi) is 6.42. The Balaban J connectivity index is 1.61. The van der Waals surface area contributed by atoms with E-state index >= 15 is 0 Å².